The van der Waals surface area contributed by atoms with Crippen molar-refractivity contribution in [3.8, 4) is 0 Å². The number of carbonyl (C=O) groups excluding carboxylic acids is 1. The molecule has 21 heavy (non-hydrogen) atoms. The first kappa shape index (κ1) is 15.5. The smallest absolute Gasteiger partial charge is 0.268 e. The average molecular weight is 290 g/mol. The summed E-state index contributed by atoms with van der Waals surface area (Å²) < 4.78 is 0. The maximum atomic E-state index is 12.2. The van der Waals surface area contributed by atoms with Crippen LogP contribution in [0.4, 0.5) is 0 Å². The van der Waals surface area contributed by atoms with Gasteiger partial charge in [0.05, 0.1) is 18.8 Å². The summed E-state index contributed by atoms with van der Waals surface area (Å²) >= 11 is 0. The van der Waals surface area contributed by atoms with E-state index in [0.717, 1.165) is 10.9 Å². The highest BCUT2D eigenvalue weighted by molar-refractivity contribution is 5.98. The Hall–Kier alpha value is -1.85. The molecule has 5 heteroatoms. The van der Waals surface area contributed by atoms with Crippen molar-refractivity contribution in [2.45, 2.75) is 32.2 Å². The second-order valence-corrected chi connectivity index (χ2v) is 6.02. The molecule has 0 saturated heterocycles. The highest BCUT2D eigenvalue weighted by Gasteiger charge is 2.25. The van der Waals surface area contributed by atoms with Gasteiger partial charge in [0.2, 0.25) is 0 Å². The fourth-order valence-corrected chi connectivity index (χ4v) is 2.10. The van der Waals surface area contributed by atoms with Gasteiger partial charge >= 0.3 is 0 Å². The standard InChI is InChI=1S/C16H22N2O3/c1-10(2)11-4-5-13-12(6-11)7-14(17-13)15(21)18-16(3,8-19)9-20/h4-7,10,17,19-20H,8-9H2,1-3H3,(H,18,21). The molecule has 2 aromatic rings. The van der Waals surface area contributed by atoms with E-state index in [4.69, 9.17) is 0 Å². The zero-order valence-electron chi connectivity index (χ0n) is 12.6. The fraction of sp³-hybridized carbons (Fsp3) is 0.438. The Morgan fingerprint density at radius 3 is 2.52 bits per heavy atom. The number of benzene rings is 1. The summed E-state index contributed by atoms with van der Waals surface area (Å²) in [6.45, 7) is 5.18. The SMILES string of the molecule is CC(C)c1ccc2[nH]c(C(=O)NC(C)(CO)CO)cc2c1. The number of carbonyl (C=O) groups is 1. The monoisotopic (exact) mass is 290 g/mol. The molecule has 1 heterocycles. The van der Waals surface area contributed by atoms with E-state index in [1.54, 1.807) is 13.0 Å². The first-order chi connectivity index (χ1) is 9.88. The van der Waals surface area contributed by atoms with Crippen LogP contribution in [0.25, 0.3) is 10.9 Å². The molecule has 4 N–H and O–H groups in total. The van der Waals surface area contributed by atoms with Gasteiger partial charge in [0.1, 0.15) is 5.69 Å². The summed E-state index contributed by atoms with van der Waals surface area (Å²) in [7, 11) is 0. The summed E-state index contributed by atoms with van der Waals surface area (Å²) in [6.07, 6.45) is 0. The molecular weight excluding hydrogens is 268 g/mol. The average Bonchev–Trinajstić information content (AvgIpc) is 2.90. The lowest BCUT2D eigenvalue weighted by molar-refractivity contribution is 0.0720. The number of aromatic amines is 1. The molecule has 0 radical (unpaired) electrons. The molecule has 0 fully saturated rings. The van der Waals surface area contributed by atoms with Crippen LogP contribution < -0.4 is 5.32 Å². The van der Waals surface area contributed by atoms with Crippen LogP contribution in [-0.4, -0.2) is 39.9 Å². The first-order valence-electron chi connectivity index (χ1n) is 7.05. The summed E-state index contributed by atoms with van der Waals surface area (Å²) in [6, 6.07) is 7.84. The van der Waals surface area contributed by atoms with E-state index in [0.29, 0.717) is 11.6 Å². The Morgan fingerprint density at radius 2 is 1.95 bits per heavy atom. The van der Waals surface area contributed by atoms with Gasteiger partial charge in [-0.2, -0.15) is 0 Å². The molecule has 2 rings (SSSR count). The fourth-order valence-electron chi connectivity index (χ4n) is 2.10. The largest absolute Gasteiger partial charge is 0.394 e. The summed E-state index contributed by atoms with van der Waals surface area (Å²) in [5.74, 6) is 0.0801. The van der Waals surface area contributed by atoms with Crippen LogP contribution in [0.1, 0.15) is 42.7 Å². The third kappa shape index (κ3) is 3.25. The van der Waals surface area contributed by atoms with Crippen LogP contribution in [0.15, 0.2) is 24.3 Å². The lowest BCUT2D eigenvalue weighted by Gasteiger charge is -2.25. The van der Waals surface area contributed by atoms with Crippen molar-refractivity contribution in [2.24, 2.45) is 0 Å². The topological polar surface area (TPSA) is 85.4 Å². The van der Waals surface area contributed by atoms with Crippen molar-refractivity contribution >= 4 is 16.8 Å². The maximum absolute atomic E-state index is 12.2. The van der Waals surface area contributed by atoms with Gasteiger partial charge in [0.25, 0.3) is 5.91 Å². The highest BCUT2D eigenvalue weighted by atomic mass is 16.3. The molecule has 1 aromatic heterocycles. The van der Waals surface area contributed by atoms with Gasteiger partial charge < -0.3 is 20.5 Å². The molecule has 0 aliphatic heterocycles. The Morgan fingerprint density at radius 1 is 1.29 bits per heavy atom. The number of aliphatic hydroxyl groups is 2. The number of fused-ring (bicyclic) bond motifs is 1. The van der Waals surface area contributed by atoms with E-state index in [1.165, 1.54) is 5.56 Å². The molecule has 0 unspecified atom stereocenters. The molecule has 5 nitrogen and oxygen atoms in total. The van der Waals surface area contributed by atoms with Crippen LogP contribution in [0, 0.1) is 0 Å². The lowest BCUT2D eigenvalue weighted by Crippen LogP contribution is -2.51. The van der Waals surface area contributed by atoms with Crippen LogP contribution in [0.5, 0.6) is 0 Å². The zero-order chi connectivity index (χ0) is 15.6. The minimum absolute atomic E-state index is 0.326. The predicted octanol–water partition coefficient (Wildman–Crippen LogP) is 1.76. The molecule has 0 aliphatic rings. The minimum Gasteiger partial charge on any atom is -0.394 e. The predicted molar refractivity (Wildman–Crippen MR) is 82.4 cm³/mol. The molecule has 1 amide bonds. The summed E-state index contributed by atoms with van der Waals surface area (Å²) in [5, 5.41) is 22.1. The Kier molecular flexibility index (Phi) is 4.34. The molecule has 1 aromatic carbocycles. The number of hydrogen-bond donors (Lipinski definition) is 4. The van der Waals surface area contributed by atoms with Gasteiger partial charge in [-0.1, -0.05) is 19.9 Å². The van der Waals surface area contributed by atoms with E-state index in [9.17, 15) is 15.0 Å². The van der Waals surface area contributed by atoms with E-state index in [1.807, 2.05) is 12.1 Å². The quantitative estimate of drug-likeness (QED) is 0.677. The molecule has 0 bridgehead atoms. The maximum Gasteiger partial charge on any atom is 0.268 e. The molecule has 0 aliphatic carbocycles. The van der Waals surface area contributed by atoms with Crippen LogP contribution in [0.2, 0.25) is 0 Å². The Bertz CT molecular complexity index is 642. The van der Waals surface area contributed by atoms with Gasteiger partial charge in [-0.3, -0.25) is 4.79 Å². The lowest BCUT2D eigenvalue weighted by atomic mass is 10.0. The van der Waals surface area contributed by atoms with Crippen molar-refractivity contribution in [1.29, 1.82) is 0 Å². The third-order valence-corrected chi connectivity index (χ3v) is 3.67. The molecule has 0 saturated carbocycles. The van der Waals surface area contributed by atoms with Crippen molar-refractivity contribution in [3.05, 3.63) is 35.5 Å². The van der Waals surface area contributed by atoms with E-state index in [-0.39, 0.29) is 19.1 Å². The molecule has 0 atom stereocenters. The van der Waals surface area contributed by atoms with E-state index in [2.05, 4.69) is 30.2 Å². The number of hydrogen-bond acceptors (Lipinski definition) is 3. The van der Waals surface area contributed by atoms with Crippen molar-refractivity contribution in [1.82, 2.24) is 10.3 Å². The Balaban J connectivity index is 2.28. The summed E-state index contributed by atoms with van der Waals surface area (Å²) in [4.78, 5) is 15.3. The first-order valence-corrected chi connectivity index (χ1v) is 7.05. The number of rotatable bonds is 5. The molecule has 0 spiro atoms. The number of amides is 1. The van der Waals surface area contributed by atoms with Crippen molar-refractivity contribution in [3.63, 3.8) is 0 Å². The van der Waals surface area contributed by atoms with Crippen LogP contribution in [0.3, 0.4) is 0 Å². The highest BCUT2D eigenvalue weighted by Crippen LogP contribution is 2.22. The number of nitrogens with one attached hydrogen (secondary N) is 2. The van der Waals surface area contributed by atoms with Crippen molar-refractivity contribution < 1.29 is 15.0 Å². The van der Waals surface area contributed by atoms with Gasteiger partial charge in [0, 0.05) is 10.9 Å². The van der Waals surface area contributed by atoms with Gasteiger partial charge in [-0.05, 0) is 36.6 Å². The van der Waals surface area contributed by atoms with Gasteiger partial charge in [-0.25, -0.2) is 0 Å². The van der Waals surface area contributed by atoms with E-state index < -0.39 is 5.54 Å². The number of aliphatic hydroxyl groups excluding tert-OH is 2. The van der Waals surface area contributed by atoms with Gasteiger partial charge in [-0.15, -0.1) is 0 Å². The second kappa shape index (κ2) is 5.87. The zero-order valence-corrected chi connectivity index (χ0v) is 12.6. The number of aromatic nitrogens is 1. The third-order valence-electron chi connectivity index (χ3n) is 3.67. The second-order valence-electron chi connectivity index (χ2n) is 6.02. The van der Waals surface area contributed by atoms with E-state index >= 15 is 0 Å². The van der Waals surface area contributed by atoms with Crippen molar-refractivity contribution in [2.75, 3.05) is 13.2 Å². The normalized spacial score (nSPS) is 12.1. The number of H-pyrrole nitrogens is 1. The molecular formula is C16H22N2O3. The minimum atomic E-state index is -1.03. The molecule has 114 valence electrons. The summed E-state index contributed by atoms with van der Waals surface area (Å²) in [5.41, 5.74) is 1.49. The van der Waals surface area contributed by atoms with Crippen LogP contribution in [-0.2, 0) is 0 Å². The van der Waals surface area contributed by atoms with Crippen LogP contribution >= 0.6 is 0 Å². The van der Waals surface area contributed by atoms with Gasteiger partial charge in [0.15, 0.2) is 0 Å². The Labute approximate surface area is 124 Å².